The van der Waals surface area contributed by atoms with Gasteiger partial charge in [-0.2, -0.15) is 0 Å². The summed E-state index contributed by atoms with van der Waals surface area (Å²) < 4.78 is 9.63. The first-order chi connectivity index (χ1) is 7.11. The van der Waals surface area contributed by atoms with E-state index in [9.17, 15) is 9.59 Å². The molecule has 0 saturated heterocycles. The largest absolute Gasteiger partial charge is 0.466 e. The minimum atomic E-state index is -0.200. The molecule has 0 saturated carbocycles. The maximum absolute atomic E-state index is 11.2. The first-order valence-corrected chi connectivity index (χ1v) is 5.44. The van der Waals surface area contributed by atoms with E-state index in [0.29, 0.717) is 32.5 Å². The summed E-state index contributed by atoms with van der Waals surface area (Å²) in [6, 6.07) is 0. The SMILES string of the molecule is CCOC(=O)CCC[C@@H](C)C(=O)OCC. The molecule has 0 N–H and O–H groups in total. The van der Waals surface area contributed by atoms with Crippen LogP contribution in [0, 0.1) is 5.92 Å². The van der Waals surface area contributed by atoms with Crippen molar-refractivity contribution < 1.29 is 19.1 Å². The predicted octanol–water partition coefficient (Wildman–Crippen LogP) is 1.92. The van der Waals surface area contributed by atoms with E-state index < -0.39 is 0 Å². The molecular weight excluding hydrogens is 196 g/mol. The number of esters is 2. The highest BCUT2D eigenvalue weighted by molar-refractivity contribution is 5.72. The molecule has 0 aromatic heterocycles. The van der Waals surface area contributed by atoms with Gasteiger partial charge in [0, 0.05) is 6.42 Å². The lowest BCUT2D eigenvalue weighted by molar-refractivity contribution is -0.148. The lowest BCUT2D eigenvalue weighted by atomic mass is 10.0. The Labute approximate surface area is 90.9 Å². The van der Waals surface area contributed by atoms with Gasteiger partial charge in [-0.15, -0.1) is 0 Å². The van der Waals surface area contributed by atoms with Crippen LogP contribution in [0.15, 0.2) is 0 Å². The summed E-state index contributed by atoms with van der Waals surface area (Å²) in [7, 11) is 0. The van der Waals surface area contributed by atoms with Gasteiger partial charge in [-0.3, -0.25) is 9.59 Å². The van der Waals surface area contributed by atoms with Gasteiger partial charge in [0.05, 0.1) is 19.1 Å². The van der Waals surface area contributed by atoms with Crippen LogP contribution < -0.4 is 0 Å². The molecule has 0 rings (SSSR count). The summed E-state index contributed by atoms with van der Waals surface area (Å²) in [4.78, 5) is 22.2. The van der Waals surface area contributed by atoms with Crippen molar-refractivity contribution in [1.29, 1.82) is 0 Å². The molecule has 0 unspecified atom stereocenters. The Morgan fingerprint density at radius 3 is 2.27 bits per heavy atom. The molecule has 4 nitrogen and oxygen atoms in total. The van der Waals surface area contributed by atoms with Crippen LogP contribution in [0.1, 0.15) is 40.0 Å². The van der Waals surface area contributed by atoms with Crippen LogP contribution in [0.25, 0.3) is 0 Å². The predicted molar refractivity (Wildman–Crippen MR) is 56.3 cm³/mol. The number of carbonyl (C=O) groups is 2. The second kappa shape index (κ2) is 8.26. The Balaban J connectivity index is 3.58. The lowest BCUT2D eigenvalue weighted by Gasteiger charge is -2.09. The van der Waals surface area contributed by atoms with E-state index in [0.717, 1.165) is 0 Å². The van der Waals surface area contributed by atoms with Gasteiger partial charge in [-0.1, -0.05) is 6.92 Å². The zero-order valence-electron chi connectivity index (χ0n) is 9.75. The number of rotatable bonds is 7. The van der Waals surface area contributed by atoms with Crippen LogP contribution >= 0.6 is 0 Å². The molecule has 0 amide bonds. The molecule has 15 heavy (non-hydrogen) atoms. The van der Waals surface area contributed by atoms with Crippen molar-refractivity contribution >= 4 is 11.9 Å². The number of carbonyl (C=O) groups excluding carboxylic acids is 2. The van der Waals surface area contributed by atoms with Crippen LogP contribution in [-0.2, 0) is 19.1 Å². The summed E-state index contributed by atoms with van der Waals surface area (Å²) >= 11 is 0. The van der Waals surface area contributed by atoms with Crippen LogP contribution in [0.5, 0.6) is 0 Å². The molecule has 0 aromatic carbocycles. The fraction of sp³-hybridized carbons (Fsp3) is 0.818. The zero-order valence-corrected chi connectivity index (χ0v) is 9.75. The standard InChI is InChI=1S/C11H20O4/c1-4-14-10(12)8-6-7-9(3)11(13)15-5-2/h9H,4-8H2,1-3H3/t9-/m1/s1. The molecule has 88 valence electrons. The van der Waals surface area contributed by atoms with Crippen molar-refractivity contribution in [3.63, 3.8) is 0 Å². The van der Waals surface area contributed by atoms with E-state index in [1.54, 1.807) is 13.8 Å². The number of hydrogen-bond acceptors (Lipinski definition) is 4. The molecule has 0 spiro atoms. The molecule has 4 heteroatoms. The van der Waals surface area contributed by atoms with E-state index >= 15 is 0 Å². The van der Waals surface area contributed by atoms with E-state index in [4.69, 9.17) is 9.47 Å². The topological polar surface area (TPSA) is 52.6 Å². The smallest absolute Gasteiger partial charge is 0.308 e. The van der Waals surface area contributed by atoms with Gasteiger partial charge in [0.2, 0.25) is 0 Å². The minimum Gasteiger partial charge on any atom is -0.466 e. The molecule has 1 atom stereocenters. The summed E-state index contributed by atoms with van der Waals surface area (Å²) in [5.74, 6) is -0.533. The summed E-state index contributed by atoms with van der Waals surface area (Å²) in [6.07, 6.45) is 1.70. The fourth-order valence-electron chi connectivity index (χ4n) is 1.19. The average molecular weight is 216 g/mol. The highest BCUT2D eigenvalue weighted by Gasteiger charge is 2.14. The fourth-order valence-corrected chi connectivity index (χ4v) is 1.19. The lowest BCUT2D eigenvalue weighted by Crippen LogP contribution is -2.15. The van der Waals surface area contributed by atoms with Crippen molar-refractivity contribution in [2.75, 3.05) is 13.2 Å². The molecule has 0 aliphatic rings. The molecule has 0 aromatic rings. The second-order valence-corrected chi connectivity index (χ2v) is 3.35. The van der Waals surface area contributed by atoms with E-state index in [-0.39, 0.29) is 17.9 Å². The van der Waals surface area contributed by atoms with Crippen molar-refractivity contribution in [3.8, 4) is 0 Å². The van der Waals surface area contributed by atoms with Crippen LogP contribution in [0.4, 0.5) is 0 Å². The summed E-state index contributed by atoms with van der Waals surface area (Å²) in [5.41, 5.74) is 0. The maximum atomic E-state index is 11.2. The third kappa shape index (κ3) is 6.94. The second-order valence-electron chi connectivity index (χ2n) is 3.35. The first kappa shape index (κ1) is 13.9. The van der Waals surface area contributed by atoms with Crippen molar-refractivity contribution in [1.82, 2.24) is 0 Å². The van der Waals surface area contributed by atoms with Gasteiger partial charge >= 0.3 is 11.9 Å². The van der Waals surface area contributed by atoms with Crippen molar-refractivity contribution in [3.05, 3.63) is 0 Å². The highest BCUT2D eigenvalue weighted by atomic mass is 16.5. The third-order valence-corrected chi connectivity index (χ3v) is 2.01. The van der Waals surface area contributed by atoms with Crippen LogP contribution in [-0.4, -0.2) is 25.2 Å². The Morgan fingerprint density at radius 1 is 1.13 bits per heavy atom. The van der Waals surface area contributed by atoms with E-state index in [2.05, 4.69) is 0 Å². The number of ether oxygens (including phenoxy) is 2. The van der Waals surface area contributed by atoms with Crippen molar-refractivity contribution in [2.24, 2.45) is 5.92 Å². The molecule has 0 radical (unpaired) electrons. The number of hydrogen-bond donors (Lipinski definition) is 0. The van der Waals surface area contributed by atoms with Gasteiger partial charge in [0.25, 0.3) is 0 Å². The van der Waals surface area contributed by atoms with Gasteiger partial charge in [0.15, 0.2) is 0 Å². The molecule has 0 fully saturated rings. The van der Waals surface area contributed by atoms with Gasteiger partial charge in [-0.25, -0.2) is 0 Å². The maximum Gasteiger partial charge on any atom is 0.308 e. The average Bonchev–Trinajstić information content (AvgIpc) is 2.18. The molecule has 0 aliphatic carbocycles. The first-order valence-electron chi connectivity index (χ1n) is 5.44. The molecule has 0 bridgehead atoms. The van der Waals surface area contributed by atoms with Gasteiger partial charge < -0.3 is 9.47 Å². The van der Waals surface area contributed by atoms with E-state index in [1.807, 2.05) is 6.92 Å². The zero-order chi connectivity index (χ0) is 11.7. The Morgan fingerprint density at radius 2 is 1.73 bits per heavy atom. The van der Waals surface area contributed by atoms with Crippen LogP contribution in [0.2, 0.25) is 0 Å². The molecular formula is C11H20O4. The van der Waals surface area contributed by atoms with Crippen molar-refractivity contribution in [2.45, 2.75) is 40.0 Å². The van der Waals surface area contributed by atoms with Gasteiger partial charge in [0.1, 0.15) is 0 Å². The quantitative estimate of drug-likeness (QED) is 0.610. The Kier molecular flexibility index (Phi) is 7.68. The highest BCUT2D eigenvalue weighted by Crippen LogP contribution is 2.10. The minimum absolute atomic E-state index is 0.139. The van der Waals surface area contributed by atoms with E-state index in [1.165, 1.54) is 0 Å². The Bertz CT molecular complexity index is 201. The third-order valence-electron chi connectivity index (χ3n) is 2.01. The monoisotopic (exact) mass is 216 g/mol. The molecule has 0 aliphatic heterocycles. The normalized spacial score (nSPS) is 11.9. The van der Waals surface area contributed by atoms with Crippen LogP contribution in [0.3, 0.4) is 0 Å². The summed E-state index contributed by atoms with van der Waals surface area (Å²) in [5, 5.41) is 0. The van der Waals surface area contributed by atoms with Gasteiger partial charge in [-0.05, 0) is 26.7 Å². The molecule has 0 heterocycles. The Hall–Kier alpha value is -1.06. The summed E-state index contributed by atoms with van der Waals surface area (Å²) in [6.45, 7) is 6.18.